The molecule has 9 heteroatoms. The lowest BCUT2D eigenvalue weighted by Gasteiger charge is -2.13. The molecule has 0 unspecified atom stereocenters. The van der Waals surface area contributed by atoms with Crippen LogP contribution in [0.3, 0.4) is 0 Å². The van der Waals surface area contributed by atoms with Gasteiger partial charge in [0.05, 0.1) is 12.8 Å². The van der Waals surface area contributed by atoms with Crippen molar-refractivity contribution in [1.29, 1.82) is 0 Å². The topological polar surface area (TPSA) is 118 Å². The Morgan fingerprint density at radius 2 is 1.65 bits per heavy atom. The lowest BCUT2D eigenvalue weighted by Crippen LogP contribution is -2.38. The Morgan fingerprint density at radius 1 is 0.892 bits per heavy atom. The van der Waals surface area contributed by atoms with Crippen LogP contribution in [0.2, 0.25) is 0 Å². The molecule has 0 aliphatic rings. The van der Waals surface area contributed by atoms with E-state index in [-0.39, 0.29) is 12.5 Å². The van der Waals surface area contributed by atoms with Crippen LogP contribution in [-0.2, 0) is 20.8 Å². The summed E-state index contributed by atoms with van der Waals surface area (Å²) >= 11 is 0. The first-order valence-corrected chi connectivity index (χ1v) is 11.9. The van der Waals surface area contributed by atoms with Crippen molar-refractivity contribution in [2.75, 3.05) is 25.1 Å². The standard InChI is InChI=1S/C28H30N4O5/c1-3-36-25-17-22(13-14-24(25)37-19-26(33)31-23-12-8-7-9-20(23)2)18-30-32-28(35)27(34)29-16-15-21-10-5-4-6-11-21/h4-14,17-18H,3,15-16,19H2,1-2H3,(H,29,34)(H,31,33)(H,32,35)/b30-18-. The first kappa shape index (κ1) is 26.9. The number of aryl methyl sites for hydroxylation is 1. The number of nitrogens with one attached hydrogen (secondary N) is 3. The van der Waals surface area contributed by atoms with E-state index in [0.717, 1.165) is 16.8 Å². The Hall–Kier alpha value is -4.66. The van der Waals surface area contributed by atoms with Gasteiger partial charge in [0.1, 0.15) is 0 Å². The number of rotatable bonds is 11. The molecule has 0 aliphatic heterocycles. The number of nitrogens with zero attached hydrogens (tertiary/aromatic N) is 1. The van der Waals surface area contributed by atoms with Crippen LogP contribution in [-0.4, -0.2) is 43.7 Å². The summed E-state index contributed by atoms with van der Waals surface area (Å²) in [6.07, 6.45) is 2.00. The maximum absolute atomic E-state index is 12.3. The molecule has 3 rings (SSSR count). The average Bonchev–Trinajstić information content (AvgIpc) is 2.90. The third kappa shape index (κ3) is 8.81. The summed E-state index contributed by atoms with van der Waals surface area (Å²) in [6, 6.07) is 22.1. The van der Waals surface area contributed by atoms with Crippen molar-refractivity contribution in [3.63, 3.8) is 0 Å². The summed E-state index contributed by atoms with van der Waals surface area (Å²) in [5.41, 5.74) is 5.54. The maximum Gasteiger partial charge on any atom is 0.329 e. The first-order chi connectivity index (χ1) is 18.0. The van der Waals surface area contributed by atoms with Crippen LogP contribution in [0, 0.1) is 6.92 Å². The summed E-state index contributed by atoms with van der Waals surface area (Å²) in [7, 11) is 0. The van der Waals surface area contributed by atoms with Crippen LogP contribution in [0.5, 0.6) is 11.5 Å². The largest absolute Gasteiger partial charge is 0.490 e. The van der Waals surface area contributed by atoms with E-state index >= 15 is 0 Å². The fourth-order valence-electron chi connectivity index (χ4n) is 3.30. The van der Waals surface area contributed by atoms with Crippen LogP contribution < -0.4 is 25.5 Å². The van der Waals surface area contributed by atoms with Crippen molar-refractivity contribution in [3.8, 4) is 11.5 Å². The molecule has 3 N–H and O–H groups in total. The molecule has 192 valence electrons. The van der Waals surface area contributed by atoms with Crippen LogP contribution in [0.25, 0.3) is 0 Å². The van der Waals surface area contributed by atoms with Crippen LogP contribution >= 0.6 is 0 Å². The molecule has 0 spiro atoms. The third-order valence-electron chi connectivity index (χ3n) is 5.17. The number of amides is 3. The summed E-state index contributed by atoms with van der Waals surface area (Å²) in [4.78, 5) is 36.2. The van der Waals surface area contributed by atoms with E-state index < -0.39 is 11.8 Å². The Bertz CT molecular complexity index is 1240. The monoisotopic (exact) mass is 502 g/mol. The van der Waals surface area contributed by atoms with Gasteiger partial charge in [0.2, 0.25) is 0 Å². The van der Waals surface area contributed by atoms with Gasteiger partial charge in [0.15, 0.2) is 18.1 Å². The zero-order chi connectivity index (χ0) is 26.5. The molecule has 37 heavy (non-hydrogen) atoms. The molecular weight excluding hydrogens is 472 g/mol. The minimum absolute atomic E-state index is 0.197. The molecule has 0 saturated heterocycles. The van der Waals surface area contributed by atoms with Crippen molar-refractivity contribution >= 4 is 29.6 Å². The number of hydrazone groups is 1. The molecule has 3 aromatic carbocycles. The summed E-state index contributed by atoms with van der Waals surface area (Å²) in [5.74, 6) is -1.13. The van der Waals surface area contributed by atoms with Crippen molar-refractivity contribution < 1.29 is 23.9 Å². The van der Waals surface area contributed by atoms with E-state index in [2.05, 4.69) is 21.2 Å². The molecular formula is C28H30N4O5. The lowest BCUT2D eigenvalue weighted by molar-refractivity contribution is -0.139. The molecule has 3 amide bonds. The molecule has 0 saturated carbocycles. The van der Waals surface area contributed by atoms with Crippen molar-refractivity contribution in [3.05, 3.63) is 89.5 Å². The Labute approximate surface area is 215 Å². The number of carbonyl (C=O) groups excluding carboxylic acids is 3. The zero-order valence-corrected chi connectivity index (χ0v) is 20.8. The number of hydrogen-bond acceptors (Lipinski definition) is 6. The van der Waals surface area contributed by atoms with Gasteiger partial charge in [-0.05, 0) is 61.2 Å². The number of benzene rings is 3. The number of hydrogen-bond donors (Lipinski definition) is 3. The highest BCUT2D eigenvalue weighted by Gasteiger charge is 2.12. The molecule has 0 fully saturated rings. The molecule has 0 aromatic heterocycles. The van der Waals surface area contributed by atoms with E-state index in [1.165, 1.54) is 6.21 Å². The zero-order valence-electron chi connectivity index (χ0n) is 20.8. The number of anilines is 1. The van der Waals surface area contributed by atoms with Gasteiger partial charge >= 0.3 is 11.8 Å². The quantitative estimate of drug-likeness (QED) is 0.211. The molecule has 0 radical (unpaired) electrons. The van der Waals surface area contributed by atoms with Gasteiger partial charge in [0, 0.05) is 12.2 Å². The number of para-hydroxylation sites is 1. The van der Waals surface area contributed by atoms with Crippen molar-refractivity contribution in [2.45, 2.75) is 20.3 Å². The molecule has 9 nitrogen and oxygen atoms in total. The second-order valence-electron chi connectivity index (χ2n) is 7.98. The first-order valence-electron chi connectivity index (χ1n) is 11.9. The molecule has 0 heterocycles. The average molecular weight is 503 g/mol. The van der Waals surface area contributed by atoms with Crippen LogP contribution in [0.4, 0.5) is 5.69 Å². The van der Waals surface area contributed by atoms with E-state index in [0.29, 0.717) is 36.6 Å². The summed E-state index contributed by atoms with van der Waals surface area (Å²) < 4.78 is 11.3. The van der Waals surface area contributed by atoms with E-state index in [4.69, 9.17) is 9.47 Å². The fourth-order valence-corrected chi connectivity index (χ4v) is 3.30. The number of carbonyl (C=O) groups is 3. The highest BCUT2D eigenvalue weighted by molar-refractivity contribution is 6.35. The highest BCUT2D eigenvalue weighted by Crippen LogP contribution is 2.28. The predicted octanol–water partition coefficient (Wildman–Crippen LogP) is 3.22. The summed E-state index contributed by atoms with van der Waals surface area (Å²) in [6.45, 7) is 4.25. The molecule has 0 atom stereocenters. The number of ether oxygens (including phenoxy) is 2. The third-order valence-corrected chi connectivity index (χ3v) is 5.17. The van der Waals surface area contributed by atoms with Gasteiger partial charge in [-0.15, -0.1) is 0 Å². The van der Waals surface area contributed by atoms with Gasteiger partial charge in [-0.2, -0.15) is 5.10 Å². The Kier molecular flexibility index (Phi) is 10.2. The Balaban J connectivity index is 1.49. The van der Waals surface area contributed by atoms with Crippen LogP contribution in [0.1, 0.15) is 23.6 Å². The smallest absolute Gasteiger partial charge is 0.329 e. The Morgan fingerprint density at radius 3 is 2.41 bits per heavy atom. The molecule has 0 bridgehead atoms. The van der Waals surface area contributed by atoms with Gasteiger partial charge in [-0.25, -0.2) is 5.43 Å². The van der Waals surface area contributed by atoms with Gasteiger partial charge in [0.25, 0.3) is 5.91 Å². The summed E-state index contributed by atoms with van der Waals surface area (Å²) in [5, 5.41) is 9.22. The minimum Gasteiger partial charge on any atom is -0.490 e. The van der Waals surface area contributed by atoms with E-state index in [9.17, 15) is 14.4 Å². The van der Waals surface area contributed by atoms with E-state index in [1.807, 2.05) is 68.4 Å². The highest BCUT2D eigenvalue weighted by atomic mass is 16.5. The fraction of sp³-hybridized carbons (Fsp3) is 0.214. The SMILES string of the molecule is CCOc1cc(/C=N\NC(=O)C(=O)NCCc2ccccc2)ccc1OCC(=O)Nc1ccccc1C. The lowest BCUT2D eigenvalue weighted by atomic mass is 10.1. The van der Waals surface area contributed by atoms with Gasteiger partial charge < -0.3 is 20.1 Å². The normalized spacial score (nSPS) is 10.5. The van der Waals surface area contributed by atoms with Crippen molar-refractivity contribution in [2.24, 2.45) is 5.10 Å². The maximum atomic E-state index is 12.3. The van der Waals surface area contributed by atoms with Crippen molar-refractivity contribution in [1.82, 2.24) is 10.7 Å². The minimum atomic E-state index is -0.867. The second kappa shape index (κ2) is 14.0. The van der Waals surface area contributed by atoms with E-state index in [1.54, 1.807) is 18.2 Å². The second-order valence-corrected chi connectivity index (χ2v) is 7.98. The molecule has 0 aliphatic carbocycles. The van der Waals surface area contributed by atoms with Gasteiger partial charge in [-0.3, -0.25) is 14.4 Å². The predicted molar refractivity (Wildman–Crippen MR) is 142 cm³/mol. The van der Waals surface area contributed by atoms with Gasteiger partial charge in [-0.1, -0.05) is 48.5 Å². The van der Waals surface area contributed by atoms with Crippen LogP contribution in [0.15, 0.2) is 77.9 Å². The molecule has 3 aromatic rings.